The number of methoxy groups -OCH3 is 1. The maximum Gasteiger partial charge on any atom is 0.119 e. The van der Waals surface area contributed by atoms with Gasteiger partial charge in [-0.2, -0.15) is 0 Å². The lowest BCUT2D eigenvalue weighted by molar-refractivity contribution is 0.197. The SMILES string of the molecule is CNC(C)CC(C)Oc1ccc(OC)cc1. The Kier molecular flexibility index (Phi) is 5.12. The fourth-order valence-corrected chi connectivity index (χ4v) is 1.55. The standard InChI is InChI=1S/C13H21NO2/c1-10(14-3)9-11(2)16-13-7-5-12(15-4)6-8-13/h5-8,10-11,14H,9H2,1-4H3. The van der Waals surface area contributed by atoms with Gasteiger partial charge in [-0.25, -0.2) is 0 Å². The van der Waals surface area contributed by atoms with E-state index in [1.54, 1.807) is 7.11 Å². The van der Waals surface area contributed by atoms with Gasteiger partial charge in [0.1, 0.15) is 11.5 Å². The summed E-state index contributed by atoms with van der Waals surface area (Å²) in [4.78, 5) is 0. The third-order valence-electron chi connectivity index (χ3n) is 2.57. The Hall–Kier alpha value is -1.22. The highest BCUT2D eigenvalue weighted by molar-refractivity contribution is 5.31. The molecular weight excluding hydrogens is 202 g/mol. The van der Waals surface area contributed by atoms with Gasteiger partial charge in [0.15, 0.2) is 0 Å². The normalized spacial score (nSPS) is 14.2. The van der Waals surface area contributed by atoms with E-state index in [2.05, 4.69) is 19.2 Å². The van der Waals surface area contributed by atoms with Gasteiger partial charge >= 0.3 is 0 Å². The maximum absolute atomic E-state index is 5.79. The summed E-state index contributed by atoms with van der Waals surface area (Å²) in [5, 5.41) is 3.20. The average molecular weight is 223 g/mol. The lowest BCUT2D eigenvalue weighted by Gasteiger charge is -2.18. The molecule has 0 aromatic heterocycles. The van der Waals surface area contributed by atoms with E-state index in [9.17, 15) is 0 Å². The van der Waals surface area contributed by atoms with Crippen LogP contribution in [0.1, 0.15) is 20.3 Å². The van der Waals surface area contributed by atoms with Crippen LogP contribution in [0.2, 0.25) is 0 Å². The van der Waals surface area contributed by atoms with E-state index in [0.717, 1.165) is 17.9 Å². The Bertz CT molecular complexity index is 297. The summed E-state index contributed by atoms with van der Waals surface area (Å²) in [7, 11) is 3.62. The van der Waals surface area contributed by atoms with Crippen molar-refractivity contribution >= 4 is 0 Å². The molecule has 0 heterocycles. The van der Waals surface area contributed by atoms with Crippen molar-refractivity contribution in [2.45, 2.75) is 32.4 Å². The molecule has 3 nitrogen and oxygen atoms in total. The molecule has 1 aromatic carbocycles. The van der Waals surface area contributed by atoms with Crippen LogP contribution in [0.15, 0.2) is 24.3 Å². The maximum atomic E-state index is 5.79. The van der Waals surface area contributed by atoms with Crippen molar-refractivity contribution in [2.75, 3.05) is 14.2 Å². The number of hydrogen-bond donors (Lipinski definition) is 1. The van der Waals surface area contributed by atoms with Crippen LogP contribution >= 0.6 is 0 Å². The Morgan fingerprint density at radius 3 is 2.19 bits per heavy atom. The topological polar surface area (TPSA) is 30.5 Å². The summed E-state index contributed by atoms with van der Waals surface area (Å²) in [6.45, 7) is 4.23. The molecule has 3 heteroatoms. The third kappa shape index (κ3) is 4.11. The molecule has 2 unspecified atom stereocenters. The van der Waals surface area contributed by atoms with Crippen LogP contribution in [0.25, 0.3) is 0 Å². The zero-order valence-corrected chi connectivity index (χ0v) is 10.5. The van der Waals surface area contributed by atoms with Crippen molar-refractivity contribution in [3.63, 3.8) is 0 Å². The Balaban J connectivity index is 2.46. The van der Waals surface area contributed by atoms with E-state index in [0.29, 0.717) is 6.04 Å². The zero-order chi connectivity index (χ0) is 12.0. The first-order chi connectivity index (χ1) is 7.65. The Labute approximate surface area is 97.8 Å². The quantitative estimate of drug-likeness (QED) is 0.803. The first-order valence-electron chi connectivity index (χ1n) is 5.63. The van der Waals surface area contributed by atoms with E-state index >= 15 is 0 Å². The van der Waals surface area contributed by atoms with Crippen LogP contribution in [0, 0.1) is 0 Å². The Morgan fingerprint density at radius 2 is 1.69 bits per heavy atom. The van der Waals surface area contributed by atoms with Gasteiger partial charge in [0.2, 0.25) is 0 Å². The van der Waals surface area contributed by atoms with E-state index in [1.807, 2.05) is 31.3 Å². The molecule has 1 aromatic rings. The van der Waals surface area contributed by atoms with Crippen molar-refractivity contribution < 1.29 is 9.47 Å². The minimum Gasteiger partial charge on any atom is -0.497 e. The first-order valence-corrected chi connectivity index (χ1v) is 5.63. The molecule has 1 rings (SSSR count). The van der Waals surface area contributed by atoms with Gasteiger partial charge in [-0.3, -0.25) is 0 Å². The van der Waals surface area contributed by atoms with E-state index < -0.39 is 0 Å². The van der Waals surface area contributed by atoms with E-state index in [-0.39, 0.29) is 6.10 Å². The fourth-order valence-electron chi connectivity index (χ4n) is 1.55. The highest BCUT2D eigenvalue weighted by Crippen LogP contribution is 2.19. The van der Waals surface area contributed by atoms with Gasteiger partial charge in [-0.15, -0.1) is 0 Å². The molecule has 16 heavy (non-hydrogen) atoms. The van der Waals surface area contributed by atoms with Gasteiger partial charge in [-0.05, 0) is 51.6 Å². The predicted molar refractivity (Wildman–Crippen MR) is 66.2 cm³/mol. The predicted octanol–water partition coefficient (Wildman–Crippen LogP) is 2.46. The van der Waals surface area contributed by atoms with Gasteiger partial charge in [0, 0.05) is 6.04 Å². The van der Waals surface area contributed by atoms with Crippen LogP contribution in [0.3, 0.4) is 0 Å². The van der Waals surface area contributed by atoms with Crippen molar-refractivity contribution in [1.82, 2.24) is 5.32 Å². The average Bonchev–Trinajstić information content (AvgIpc) is 2.29. The molecule has 0 bridgehead atoms. The second-order valence-electron chi connectivity index (χ2n) is 4.03. The number of rotatable bonds is 6. The molecule has 0 fully saturated rings. The van der Waals surface area contributed by atoms with Crippen LogP contribution < -0.4 is 14.8 Å². The molecule has 90 valence electrons. The van der Waals surface area contributed by atoms with Crippen molar-refractivity contribution in [3.8, 4) is 11.5 Å². The Morgan fingerprint density at radius 1 is 1.12 bits per heavy atom. The molecule has 0 spiro atoms. The second-order valence-corrected chi connectivity index (χ2v) is 4.03. The molecule has 0 saturated heterocycles. The summed E-state index contributed by atoms with van der Waals surface area (Å²) in [6, 6.07) is 8.14. The first kappa shape index (κ1) is 12.8. The summed E-state index contributed by atoms with van der Waals surface area (Å²) in [5.74, 6) is 1.74. The van der Waals surface area contributed by atoms with Crippen molar-refractivity contribution in [2.24, 2.45) is 0 Å². The molecule has 0 radical (unpaired) electrons. The van der Waals surface area contributed by atoms with E-state index in [1.165, 1.54) is 0 Å². The van der Waals surface area contributed by atoms with Crippen molar-refractivity contribution in [3.05, 3.63) is 24.3 Å². The fraction of sp³-hybridized carbons (Fsp3) is 0.538. The lowest BCUT2D eigenvalue weighted by Crippen LogP contribution is -2.28. The van der Waals surface area contributed by atoms with Gasteiger partial charge in [0.25, 0.3) is 0 Å². The zero-order valence-electron chi connectivity index (χ0n) is 10.5. The van der Waals surface area contributed by atoms with Gasteiger partial charge in [0.05, 0.1) is 13.2 Å². The smallest absolute Gasteiger partial charge is 0.119 e. The van der Waals surface area contributed by atoms with Crippen LogP contribution in [0.4, 0.5) is 0 Å². The number of benzene rings is 1. The van der Waals surface area contributed by atoms with Gasteiger partial charge in [-0.1, -0.05) is 0 Å². The summed E-state index contributed by atoms with van der Waals surface area (Å²) >= 11 is 0. The monoisotopic (exact) mass is 223 g/mol. The molecule has 0 aliphatic carbocycles. The number of hydrogen-bond acceptors (Lipinski definition) is 3. The summed E-state index contributed by atoms with van der Waals surface area (Å²) < 4.78 is 10.9. The summed E-state index contributed by atoms with van der Waals surface area (Å²) in [5.41, 5.74) is 0. The van der Waals surface area contributed by atoms with Crippen LogP contribution in [-0.2, 0) is 0 Å². The van der Waals surface area contributed by atoms with Crippen LogP contribution in [0.5, 0.6) is 11.5 Å². The molecule has 2 atom stereocenters. The number of nitrogens with one attached hydrogen (secondary N) is 1. The largest absolute Gasteiger partial charge is 0.497 e. The molecule has 1 N–H and O–H groups in total. The van der Waals surface area contributed by atoms with Gasteiger partial charge < -0.3 is 14.8 Å². The summed E-state index contributed by atoms with van der Waals surface area (Å²) in [6.07, 6.45) is 1.19. The highest BCUT2D eigenvalue weighted by Gasteiger charge is 2.08. The minimum atomic E-state index is 0.204. The number of ether oxygens (including phenoxy) is 2. The van der Waals surface area contributed by atoms with Crippen LogP contribution in [-0.4, -0.2) is 26.3 Å². The molecule has 0 saturated carbocycles. The molecule has 0 amide bonds. The minimum absolute atomic E-state index is 0.204. The lowest BCUT2D eigenvalue weighted by atomic mass is 10.1. The van der Waals surface area contributed by atoms with Crippen molar-refractivity contribution in [1.29, 1.82) is 0 Å². The molecule has 0 aliphatic heterocycles. The highest BCUT2D eigenvalue weighted by atomic mass is 16.5. The second kappa shape index (κ2) is 6.38. The van der Waals surface area contributed by atoms with E-state index in [4.69, 9.17) is 9.47 Å². The molecule has 0 aliphatic rings. The third-order valence-corrected chi connectivity index (χ3v) is 2.57. The molecular formula is C13H21NO2.